The van der Waals surface area contributed by atoms with E-state index in [1.165, 1.54) is 12.0 Å². The summed E-state index contributed by atoms with van der Waals surface area (Å²) < 4.78 is 0. The SMILES string of the molecule is C=CCN1CC(CC(C)C)NCC1(C)c1ccccc1. The van der Waals surface area contributed by atoms with E-state index in [0.29, 0.717) is 6.04 Å². The van der Waals surface area contributed by atoms with Crippen LogP contribution in [0.25, 0.3) is 0 Å². The Labute approximate surface area is 123 Å². The zero-order valence-corrected chi connectivity index (χ0v) is 13.1. The van der Waals surface area contributed by atoms with E-state index in [9.17, 15) is 0 Å². The number of rotatable bonds is 5. The summed E-state index contributed by atoms with van der Waals surface area (Å²) in [7, 11) is 0. The first kappa shape index (κ1) is 15.3. The maximum atomic E-state index is 3.94. The average Bonchev–Trinajstić information content (AvgIpc) is 2.43. The molecule has 1 aliphatic rings. The molecule has 2 atom stereocenters. The summed E-state index contributed by atoms with van der Waals surface area (Å²) in [6.07, 6.45) is 3.26. The second-order valence-corrected chi connectivity index (χ2v) is 6.54. The Morgan fingerprint density at radius 1 is 1.40 bits per heavy atom. The first-order valence-corrected chi connectivity index (χ1v) is 7.71. The minimum absolute atomic E-state index is 0.0585. The Morgan fingerprint density at radius 3 is 2.70 bits per heavy atom. The van der Waals surface area contributed by atoms with Gasteiger partial charge in [0.2, 0.25) is 0 Å². The van der Waals surface area contributed by atoms with E-state index in [1.54, 1.807) is 0 Å². The highest BCUT2D eigenvalue weighted by Crippen LogP contribution is 2.31. The van der Waals surface area contributed by atoms with Crippen molar-refractivity contribution in [3.8, 4) is 0 Å². The number of hydrogen-bond acceptors (Lipinski definition) is 2. The van der Waals surface area contributed by atoms with Crippen LogP contribution in [-0.4, -0.2) is 30.6 Å². The van der Waals surface area contributed by atoms with Gasteiger partial charge in [-0.3, -0.25) is 4.90 Å². The maximum Gasteiger partial charge on any atom is 0.0560 e. The molecule has 2 rings (SSSR count). The summed E-state index contributed by atoms with van der Waals surface area (Å²) in [5.41, 5.74) is 1.44. The summed E-state index contributed by atoms with van der Waals surface area (Å²) in [6, 6.07) is 11.4. The number of benzene rings is 1. The van der Waals surface area contributed by atoms with Gasteiger partial charge in [0.25, 0.3) is 0 Å². The molecule has 0 spiro atoms. The fourth-order valence-electron chi connectivity index (χ4n) is 3.23. The van der Waals surface area contributed by atoms with Crippen LogP contribution in [0.5, 0.6) is 0 Å². The van der Waals surface area contributed by atoms with Crippen LogP contribution in [0, 0.1) is 5.92 Å². The predicted octanol–water partition coefficient (Wildman–Crippen LogP) is 3.41. The molecule has 1 saturated heterocycles. The van der Waals surface area contributed by atoms with Crippen molar-refractivity contribution in [2.24, 2.45) is 5.92 Å². The lowest BCUT2D eigenvalue weighted by atomic mass is 9.85. The summed E-state index contributed by atoms with van der Waals surface area (Å²) in [5.74, 6) is 0.735. The summed E-state index contributed by atoms with van der Waals surface area (Å²) in [5, 5.41) is 3.75. The summed E-state index contributed by atoms with van der Waals surface area (Å²) >= 11 is 0. The van der Waals surface area contributed by atoms with Crippen molar-refractivity contribution in [1.29, 1.82) is 0 Å². The van der Waals surface area contributed by atoms with Crippen LogP contribution in [0.2, 0.25) is 0 Å². The Kier molecular flexibility index (Phi) is 5.00. The smallest absolute Gasteiger partial charge is 0.0560 e. The molecule has 2 unspecified atom stereocenters. The highest BCUT2D eigenvalue weighted by Gasteiger charge is 2.38. The van der Waals surface area contributed by atoms with E-state index in [4.69, 9.17) is 0 Å². The minimum Gasteiger partial charge on any atom is -0.311 e. The molecule has 1 aromatic carbocycles. The molecule has 0 saturated carbocycles. The van der Waals surface area contributed by atoms with Crippen molar-refractivity contribution in [1.82, 2.24) is 10.2 Å². The minimum atomic E-state index is 0.0585. The summed E-state index contributed by atoms with van der Waals surface area (Å²) in [4.78, 5) is 2.57. The number of nitrogens with zero attached hydrogens (tertiary/aromatic N) is 1. The topological polar surface area (TPSA) is 15.3 Å². The first-order chi connectivity index (χ1) is 9.56. The molecule has 0 bridgehead atoms. The zero-order valence-electron chi connectivity index (χ0n) is 13.1. The third-order valence-corrected chi connectivity index (χ3v) is 4.37. The molecule has 2 heteroatoms. The molecular weight excluding hydrogens is 244 g/mol. The molecule has 20 heavy (non-hydrogen) atoms. The summed E-state index contributed by atoms with van der Waals surface area (Å²) in [6.45, 7) is 13.9. The first-order valence-electron chi connectivity index (χ1n) is 7.71. The lowest BCUT2D eigenvalue weighted by Crippen LogP contribution is -2.61. The van der Waals surface area contributed by atoms with Crippen LogP contribution in [0.1, 0.15) is 32.8 Å². The number of hydrogen-bond donors (Lipinski definition) is 1. The standard InChI is InChI=1S/C18H28N2/c1-5-11-20-13-17(12-15(2)3)19-14-18(20,4)16-9-7-6-8-10-16/h5-10,15,17,19H,1,11-14H2,2-4H3. The molecule has 1 aromatic rings. The van der Waals surface area contributed by atoms with Crippen molar-refractivity contribution in [3.05, 3.63) is 48.6 Å². The largest absolute Gasteiger partial charge is 0.311 e. The lowest BCUT2D eigenvalue weighted by molar-refractivity contribution is 0.0564. The van der Waals surface area contributed by atoms with Crippen LogP contribution >= 0.6 is 0 Å². The fraction of sp³-hybridized carbons (Fsp3) is 0.556. The van der Waals surface area contributed by atoms with Gasteiger partial charge in [-0.25, -0.2) is 0 Å². The number of piperazine rings is 1. The molecular formula is C18H28N2. The van der Waals surface area contributed by atoms with E-state index < -0.39 is 0 Å². The van der Waals surface area contributed by atoms with E-state index >= 15 is 0 Å². The van der Waals surface area contributed by atoms with Crippen molar-refractivity contribution < 1.29 is 0 Å². The second-order valence-electron chi connectivity index (χ2n) is 6.54. The van der Waals surface area contributed by atoms with Crippen LogP contribution in [0.4, 0.5) is 0 Å². The van der Waals surface area contributed by atoms with Gasteiger partial charge in [0.1, 0.15) is 0 Å². The molecule has 1 fully saturated rings. The van der Waals surface area contributed by atoms with Gasteiger partial charge >= 0.3 is 0 Å². The van der Waals surface area contributed by atoms with Gasteiger partial charge in [-0.2, -0.15) is 0 Å². The fourth-order valence-corrected chi connectivity index (χ4v) is 3.23. The lowest BCUT2D eigenvalue weighted by Gasteiger charge is -2.48. The monoisotopic (exact) mass is 272 g/mol. The molecule has 0 aliphatic carbocycles. The van der Waals surface area contributed by atoms with Crippen molar-refractivity contribution in [2.45, 2.75) is 38.8 Å². The number of nitrogens with one attached hydrogen (secondary N) is 1. The van der Waals surface area contributed by atoms with Gasteiger partial charge in [0.05, 0.1) is 5.54 Å². The van der Waals surface area contributed by atoms with Crippen molar-refractivity contribution in [2.75, 3.05) is 19.6 Å². The Hall–Kier alpha value is -1.12. The third kappa shape index (κ3) is 3.31. The Bertz CT molecular complexity index is 426. The van der Waals surface area contributed by atoms with Crippen LogP contribution < -0.4 is 5.32 Å². The van der Waals surface area contributed by atoms with Crippen LogP contribution in [0.3, 0.4) is 0 Å². The van der Waals surface area contributed by atoms with Crippen molar-refractivity contribution in [3.63, 3.8) is 0 Å². The van der Waals surface area contributed by atoms with E-state index in [1.807, 2.05) is 6.08 Å². The van der Waals surface area contributed by atoms with Gasteiger partial charge < -0.3 is 5.32 Å². The average molecular weight is 272 g/mol. The van der Waals surface area contributed by atoms with Gasteiger partial charge in [0, 0.05) is 25.7 Å². The third-order valence-electron chi connectivity index (χ3n) is 4.37. The van der Waals surface area contributed by atoms with Gasteiger partial charge in [-0.1, -0.05) is 50.3 Å². The second kappa shape index (κ2) is 6.55. The molecule has 1 N–H and O–H groups in total. The molecule has 0 amide bonds. The van der Waals surface area contributed by atoms with Gasteiger partial charge in [-0.15, -0.1) is 6.58 Å². The normalized spacial score (nSPS) is 27.7. The van der Waals surface area contributed by atoms with Crippen LogP contribution in [-0.2, 0) is 5.54 Å². The molecule has 1 heterocycles. The molecule has 0 radical (unpaired) electrons. The van der Waals surface area contributed by atoms with Crippen LogP contribution in [0.15, 0.2) is 43.0 Å². The molecule has 0 aromatic heterocycles. The quantitative estimate of drug-likeness (QED) is 0.826. The molecule has 2 nitrogen and oxygen atoms in total. The van der Waals surface area contributed by atoms with Gasteiger partial charge in [0.15, 0.2) is 0 Å². The molecule has 110 valence electrons. The predicted molar refractivity (Wildman–Crippen MR) is 86.8 cm³/mol. The Balaban J connectivity index is 2.18. The maximum absolute atomic E-state index is 3.94. The van der Waals surface area contributed by atoms with E-state index in [0.717, 1.165) is 25.6 Å². The zero-order chi connectivity index (χ0) is 14.6. The van der Waals surface area contributed by atoms with Gasteiger partial charge in [-0.05, 0) is 24.8 Å². The highest BCUT2D eigenvalue weighted by molar-refractivity contribution is 5.25. The highest BCUT2D eigenvalue weighted by atomic mass is 15.3. The Morgan fingerprint density at radius 2 is 2.10 bits per heavy atom. The molecule has 1 aliphatic heterocycles. The van der Waals surface area contributed by atoms with Crippen molar-refractivity contribution >= 4 is 0 Å². The van der Waals surface area contributed by atoms with E-state index in [2.05, 4.69) is 67.9 Å². The van der Waals surface area contributed by atoms with E-state index in [-0.39, 0.29) is 5.54 Å².